The van der Waals surface area contributed by atoms with E-state index in [9.17, 15) is 14.4 Å². The number of ether oxygens (including phenoxy) is 3. The first-order valence-corrected chi connectivity index (χ1v) is 16.4. The molecule has 0 saturated heterocycles. The first kappa shape index (κ1) is 30.4. The van der Waals surface area contributed by atoms with E-state index >= 15 is 0 Å². The van der Waals surface area contributed by atoms with Crippen molar-refractivity contribution in [2.45, 2.75) is 50.7 Å². The Balaban J connectivity index is 1.70. The second-order valence-corrected chi connectivity index (χ2v) is 13.9. The number of esters is 2. The van der Waals surface area contributed by atoms with Crippen LogP contribution in [0.4, 0.5) is 5.69 Å². The molecule has 220 valence electrons. The second kappa shape index (κ2) is 12.3. The Morgan fingerprint density at radius 3 is 2.24 bits per heavy atom. The molecule has 7 nitrogen and oxygen atoms in total. The van der Waals surface area contributed by atoms with E-state index in [1.807, 2.05) is 80.3 Å². The van der Waals surface area contributed by atoms with Crippen LogP contribution >= 0.6 is 35.3 Å². The van der Waals surface area contributed by atoms with E-state index in [4.69, 9.17) is 14.2 Å². The molecule has 3 aliphatic heterocycles. The van der Waals surface area contributed by atoms with Gasteiger partial charge in [-0.3, -0.25) is 4.79 Å². The maximum absolute atomic E-state index is 14.1. The van der Waals surface area contributed by atoms with E-state index in [0.29, 0.717) is 22.2 Å². The summed E-state index contributed by atoms with van der Waals surface area (Å²) in [5.74, 6) is -0.241. The number of amides is 1. The molecule has 10 heteroatoms. The number of nitrogens with zero attached hydrogens (tertiary/aromatic N) is 1. The summed E-state index contributed by atoms with van der Waals surface area (Å²) < 4.78 is 15.8. The Morgan fingerprint density at radius 1 is 0.881 bits per heavy atom. The first-order chi connectivity index (χ1) is 20.1. The molecule has 0 saturated carbocycles. The third-order valence-electron chi connectivity index (χ3n) is 7.02. The van der Waals surface area contributed by atoms with Gasteiger partial charge in [0, 0.05) is 16.0 Å². The summed E-state index contributed by atoms with van der Waals surface area (Å²) in [4.78, 5) is 43.8. The number of benzene rings is 2. The number of carbonyl (C=O) groups excluding carboxylic acids is 3. The largest absolute Gasteiger partial charge is 0.494 e. The van der Waals surface area contributed by atoms with E-state index in [1.54, 1.807) is 19.3 Å². The van der Waals surface area contributed by atoms with Crippen LogP contribution in [0.3, 0.4) is 0 Å². The summed E-state index contributed by atoms with van der Waals surface area (Å²) in [5.41, 5.74) is 2.58. The van der Waals surface area contributed by atoms with Gasteiger partial charge in [-0.1, -0.05) is 53.9 Å². The van der Waals surface area contributed by atoms with Gasteiger partial charge in [-0.05, 0) is 69.9 Å². The molecule has 1 spiro atoms. The predicted octanol–water partition coefficient (Wildman–Crippen LogP) is 6.94. The second-order valence-electron chi connectivity index (χ2n) is 10.2. The van der Waals surface area contributed by atoms with Crippen molar-refractivity contribution in [1.82, 2.24) is 0 Å². The van der Waals surface area contributed by atoms with Crippen LogP contribution in [0, 0.1) is 0 Å². The van der Waals surface area contributed by atoms with Gasteiger partial charge in [0.05, 0.1) is 42.4 Å². The van der Waals surface area contributed by atoms with Gasteiger partial charge in [-0.25, -0.2) is 9.59 Å². The molecule has 0 bridgehead atoms. The average molecular weight is 624 g/mol. The van der Waals surface area contributed by atoms with Crippen molar-refractivity contribution in [3.8, 4) is 5.75 Å². The van der Waals surface area contributed by atoms with E-state index in [2.05, 4.69) is 0 Å². The molecule has 3 aliphatic rings. The lowest BCUT2D eigenvalue weighted by atomic mass is 9.84. The van der Waals surface area contributed by atoms with Crippen LogP contribution in [0.1, 0.15) is 45.7 Å². The Hall–Kier alpha value is -3.08. The highest BCUT2D eigenvalue weighted by Gasteiger charge is 2.54. The van der Waals surface area contributed by atoms with Gasteiger partial charge in [0.15, 0.2) is 0 Å². The summed E-state index contributed by atoms with van der Waals surface area (Å²) in [6.45, 7) is 10.4. The molecular weight excluding hydrogens is 591 g/mol. The Morgan fingerprint density at radius 2 is 1.57 bits per heavy atom. The van der Waals surface area contributed by atoms with E-state index < -0.39 is 21.6 Å². The van der Waals surface area contributed by atoms with Crippen molar-refractivity contribution < 1.29 is 28.6 Å². The minimum atomic E-state index is -0.865. The molecule has 0 fully saturated rings. The molecule has 5 rings (SSSR count). The number of anilines is 1. The van der Waals surface area contributed by atoms with Crippen LogP contribution in [-0.4, -0.2) is 47.3 Å². The Labute approximate surface area is 259 Å². The van der Waals surface area contributed by atoms with Gasteiger partial charge in [0.25, 0.3) is 0 Å². The van der Waals surface area contributed by atoms with Gasteiger partial charge >= 0.3 is 11.9 Å². The molecular formula is C32H33NO6S3. The molecule has 0 radical (unpaired) electrons. The maximum atomic E-state index is 14.1. The fourth-order valence-electron chi connectivity index (χ4n) is 5.32. The van der Waals surface area contributed by atoms with Crippen molar-refractivity contribution in [3.63, 3.8) is 0 Å². The van der Waals surface area contributed by atoms with Crippen LogP contribution in [0.15, 0.2) is 74.7 Å². The quantitative estimate of drug-likeness (QED) is 0.291. The summed E-state index contributed by atoms with van der Waals surface area (Å²) in [7, 11) is 0. The lowest BCUT2D eigenvalue weighted by Crippen LogP contribution is -2.53. The molecule has 0 unspecified atom stereocenters. The third-order valence-corrected chi connectivity index (χ3v) is 11.3. The predicted molar refractivity (Wildman–Crippen MR) is 171 cm³/mol. The number of hydrogen-bond acceptors (Lipinski definition) is 9. The molecule has 2 aromatic carbocycles. The minimum Gasteiger partial charge on any atom is -0.494 e. The normalized spacial score (nSPS) is 20.4. The molecule has 1 amide bonds. The summed E-state index contributed by atoms with van der Waals surface area (Å²) in [6.07, 6.45) is 2.11. The smallest absolute Gasteiger partial charge is 0.345 e. The number of fused-ring (bicyclic) bond motifs is 3. The van der Waals surface area contributed by atoms with Crippen molar-refractivity contribution in [2.24, 2.45) is 0 Å². The topological polar surface area (TPSA) is 82.1 Å². The van der Waals surface area contributed by atoms with Crippen molar-refractivity contribution in [3.05, 3.63) is 85.9 Å². The minimum absolute atomic E-state index is 0.0675. The van der Waals surface area contributed by atoms with Crippen LogP contribution in [0.25, 0.3) is 5.57 Å². The molecule has 0 aromatic heterocycles. The fourth-order valence-corrected chi connectivity index (χ4v) is 9.71. The molecule has 0 N–H and O–H groups in total. The third kappa shape index (κ3) is 5.52. The fraction of sp³-hybridized carbons (Fsp3) is 0.344. The highest BCUT2D eigenvalue weighted by molar-refractivity contribution is 8.25. The van der Waals surface area contributed by atoms with Gasteiger partial charge in [0.2, 0.25) is 5.91 Å². The monoisotopic (exact) mass is 623 g/mol. The van der Waals surface area contributed by atoms with E-state index in [-0.39, 0.29) is 25.5 Å². The van der Waals surface area contributed by atoms with Gasteiger partial charge in [-0.15, -0.1) is 11.8 Å². The van der Waals surface area contributed by atoms with Crippen LogP contribution in [-0.2, 0) is 30.3 Å². The van der Waals surface area contributed by atoms with Crippen LogP contribution < -0.4 is 9.64 Å². The average Bonchev–Trinajstić information content (AvgIpc) is 3.38. The van der Waals surface area contributed by atoms with Crippen molar-refractivity contribution in [1.29, 1.82) is 0 Å². The van der Waals surface area contributed by atoms with E-state index in [1.165, 1.54) is 35.3 Å². The van der Waals surface area contributed by atoms with Crippen molar-refractivity contribution >= 4 is 64.4 Å². The van der Waals surface area contributed by atoms with Gasteiger partial charge < -0.3 is 19.1 Å². The first-order valence-electron chi connectivity index (χ1n) is 13.9. The van der Waals surface area contributed by atoms with Gasteiger partial charge in [0.1, 0.15) is 14.7 Å². The number of rotatable bonds is 8. The maximum Gasteiger partial charge on any atom is 0.345 e. The van der Waals surface area contributed by atoms with Crippen molar-refractivity contribution in [2.75, 3.05) is 24.7 Å². The highest BCUT2D eigenvalue weighted by Crippen LogP contribution is 2.66. The standard InChI is InChI=1S/C32H33NO6S3/c1-6-37-21-14-15-23-22(17-21)27-28(31(4,5)33(23)26(34)16-20-12-10-9-11-13-20)41-24(29(35)38-7-2)18-32(27)40-19-25(42-32)30(36)39-8-3/h9-15,17-19H,6-8,16H2,1-5H3/t32-/m1/s1. The molecule has 1 atom stereocenters. The van der Waals surface area contributed by atoms with Gasteiger partial charge in [-0.2, -0.15) is 0 Å². The molecule has 2 aromatic rings. The lowest BCUT2D eigenvalue weighted by Gasteiger charge is -2.50. The Bertz CT molecular complexity index is 1510. The summed E-state index contributed by atoms with van der Waals surface area (Å²) >= 11 is 4.13. The summed E-state index contributed by atoms with van der Waals surface area (Å²) in [5, 5.41) is 1.80. The zero-order valence-electron chi connectivity index (χ0n) is 24.2. The Kier molecular flexibility index (Phi) is 8.87. The number of hydrogen-bond donors (Lipinski definition) is 0. The van der Waals surface area contributed by atoms with Crippen LogP contribution in [0.2, 0.25) is 0 Å². The molecule has 42 heavy (non-hydrogen) atoms. The molecule has 0 aliphatic carbocycles. The zero-order valence-corrected chi connectivity index (χ0v) is 26.7. The highest BCUT2D eigenvalue weighted by atomic mass is 32.2. The SMILES string of the molecule is CCOC(=O)C1=C[C@]2(SC=C(C(=O)OCC)S2)C2=C(S1)C(C)(C)N(C(=O)Cc1ccccc1)c1ccc(OCC)cc12. The number of carbonyl (C=O) groups is 3. The number of thioether (sulfide) groups is 3. The van der Waals surface area contributed by atoms with E-state index in [0.717, 1.165) is 27.3 Å². The lowest BCUT2D eigenvalue weighted by molar-refractivity contribution is -0.138. The molecule has 3 heterocycles. The summed E-state index contributed by atoms with van der Waals surface area (Å²) in [6, 6.07) is 15.4. The zero-order chi connectivity index (χ0) is 30.1. The van der Waals surface area contributed by atoms with Crippen LogP contribution in [0.5, 0.6) is 5.75 Å².